The van der Waals surface area contributed by atoms with Crippen molar-refractivity contribution in [2.45, 2.75) is 6.42 Å². The van der Waals surface area contributed by atoms with Crippen LogP contribution in [-0.4, -0.2) is 19.6 Å². The van der Waals surface area contributed by atoms with Crippen LogP contribution >= 0.6 is 0 Å². The van der Waals surface area contributed by atoms with Crippen LogP contribution in [0.4, 0.5) is 5.69 Å². The van der Waals surface area contributed by atoms with Crippen molar-refractivity contribution in [3.05, 3.63) is 24.3 Å². The smallest absolute Gasteiger partial charge is 0.242 e. The summed E-state index contributed by atoms with van der Waals surface area (Å²) in [5.74, 6) is 0.782. The lowest BCUT2D eigenvalue weighted by Gasteiger charge is -2.18. The molecule has 4 nitrogen and oxygen atoms in total. The summed E-state index contributed by atoms with van der Waals surface area (Å²) in [6.07, 6.45) is 0.540. The van der Waals surface area contributed by atoms with Crippen LogP contribution in [0.25, 0.3) is 0 Å². The van der Waals surface area contributed by atoms with Gasteiger partial charge in [-0.15, -0.1) is 0 Å². The van der Waals surface area contributed by atoms with Gasteiger partial charge in [-0.3, -0.25) is 4.79 Å². The molecule has 0 saturated carbocycles. The third kappa shape index (κ3) is 1.44. The number of nitrogens with one attached hydrogen (secondary N) is 1. The molecule has 0 radical (unpaired) electrons. The van der Waals surface area contributed by atoms with Gasteiger partial charge >= 0.3 is 0 Å². The molecule has 1 saturated heterocycles. The Labute approximate surface area is 82.4 Å². The molecule has 1 aliphatic heterocycles. The summed E-state index contributed by atoms with van der Waals surface area (Å²) in [6, 6.07) is 7.45. The zero-order valence-electron chi connectivity index (χ0n) is 7.99. The topological polar surface area (TPSA) is 41.6 Å². The quantitative estimate of drug-likeness (QED) is 0.758. The summed E-state index contributed by atoms with van der Waals surface area (Å²) in [5.41, 5.74) is 3.78. The van der Waals surface area contributed by atoms with Crippen LogP contribution < -0.4 is 15.2 Å². The number of ether oxygens (including phenoxy) is 1. The molecular weight excluding hydrogens is 180 g/mol. The summed E-state index contributed by atoms with van der Waals surface area (Å²) in [4.78, 5) is 11.5. The SMILES string of the molecule is COc1ccccc1N1NCCC1=O. The molecule has 1 N–H and O–H groups in total. The van der Waals surface area contributed by atoms with E-state index in [9.17, 15) is 4.79 Å². The lowest BCUT2D eigenvalue weighted by Crippen LogP contribution is -2.34. The first-order valence-electron chi connectivity index (χ1n) is 4.52. The number of amides is 1. The highest BCUT2D eigenvalue weighted by atomic mass is 16.5. The molecule has 1 aromatic carbocycles. The molecule has 0 atom stereocenters. The second kappa shape index (κ2) is 3.67. The van der Waals surface area contributed by atoms with E-state index in [1.165, 1.54) is 0 Å². The molecule has 0 aromatic heterocycles. The van der Waals surface area contributed by atoms with Gasteiger partial charge in [0.1, 0.15) is 11.4 Å². The van der Waals surface area contributed by atoms with Crippen LogP contribution in [0.5, 0.6) is 5.75 Å². The largest absolute Gasteiger partial charge is 0.495 e. The number of hydrogen-bond donors (Lipinski definition) is 1. The lowest BCUT2D eigenvalue weighted by atomic mass is 10.3. The van der Waals surface area contributed by atoms with Crippen molar-refractivity contribution in [2.75, 3.05) is 18.7 Å². The summed E-state index contributed by atoms with van der Waals surface area (Å²) >= 11 is 0. The van der Waals surface area contributed by atoms with Gasteiger partial charge in [0.15, 0.2) is 0 Å². The van der Waals surface area contributed by atoms with Gasteiger partial charge in [-0.25, -0.2) is 10.4 Å². The second-order valence-electron chi connectivity index (χ2n) is 3.06. The van der Waals surface area contributed by atoms with Gasteiger partial charge in [-0.1, -0.05) is 12.1 Å². The van der Waals surface area contributed by atoms with E-state index in [1.54, 1.807) is 12.1 Å². The van der Waals surface area contributed by atoms with Crippen molar-refractivity contribution in [3.8, 4) is 5.75 Å². The molecule has 14 heavy (non-hydrogen) atoms. The number of methoxy groups -OCH3 is 1. The van der Waals surface area contributed by atoms with E-state index < -0.39 is 0 Å². The normalized spacial score (nSPS) is 16.1. The summed E-state index contributed by atoms with van der Waals surface area (Å²) in [5, 5.41) is 1.54. The number of benzene rings is 1. The van der Waals surface area contributed by atoms with E-state index >= 15 is 0 Å². The third-order valence-corrected chi connectivity index (χ3v) is 2.18. The van der Waals surface area contributed by atoms with E-state index in [0.717, 1.165) is 5.69 Å². The van der Waals surface area contributed by atoms with Crippen molar-refractivity contribution in [3.63, 3.8) is 0 Å². The maximum absolute atomic E-state index is 11.5. The number of nitrogens with zero attached hydrogens (tertiary/aromatic N) is 1. The van der Waals surface area contributed by atoms with Crippen LogP contribution in [0.1, 0.15) is 6.42 Å². The molecule has 2 rings (SSSR count). The van der Waals surface area contributed by atoms with Crippen LogP contribution in [-0.2, 0) is 4.79 Å². The molecule has 1 amide bonds. The molecule has 1 fully saturated rings. The van der Waals surface area contributed by atoms with Crippen molar-refractivity contribution >= 4 is 11.6 Å². The predicted octanol–water partition coefficient (Wildman–Crippen LogP) is 0.936. The molecule has 1 aliphatic rings. The molecule has 0 unspecified atom stereocenters. The molecule has 0 spiro atoms. The van der Waals surface area contributed by atoms with Crippen molar-refractivity contribution in [1.82, 2.24) is 5.43 Å². The van der Waals surface area contributed by atoms with E-state index in [4.69, 9.17) is 4.74 Å². The van der Waals surface area contributed by atoms with E-state index in [1.807, 2.05) is 24.3 Å². The first kappa shape index (κ1) is 9.02. The molecule has 0 aliphatic carbocycles. The fraction of sp³-hybridized carbons (Fsp3) is 0.300. The van der Waals surface area contributed by atoms with Gasteiger partial charge in [0, 0.05) is 13.0 Å². The van der Waals surface area contributed by atoms with E-state index in [2.05, 4.69) is 5.43 Å². The van der Waals surface area contributed by atoms with Gasteiger partial charge in [-0.2, -0.15) is 0 Å². The van der Waals surface area contributed by atoms with Gasteiger partial charge in [0.25, 0.3) is 0 Å². The predicted molar refractivity (Wildman–Crippen MR) is 53.1 cm³/mol. The first-order chi connectivity index (χ1) is 6.83. The minimum atomic E-state index is 0.0782. The number of hydrazine groups is 1. The molecule has 1 aromatic rings. The van der Waals surface area contributed by atoms with E-state index in [0.29, 0.717) is 18.7 Å². The Balaban J connectivity index is 2.35. The molecule has 4 heteroatoms. The zero-order chi connectivity index (χ0) is 9.97. The maximum Gasteiger partial charge on any atom is 0.242 e. The highest BCUT2D eigenvalue weighted by Crippen LogP contribution is 2.27. The van der Waals surface area contributed by atoms with Crippen molar-refractivity contribution in [2.24, 2.45) is 0 Å². The standard InChI is InChI=1S/C10H12N2O2/c1-14-9-5-3-2-4-8(9)12-10(13)6-7-11-12/h2-5,11H,6-7H2,1H3. The number of carbonyl (C=O) groups excluding carboxylic acids is 1. The Bertz CT molecular complexity index is 352. The minimum absolute atomic E-state index is 0.0782. The van der Waals surface area contributed by atoms with Crippen LogP contribution in [0.15, 0.2) is 24.3 Å². The Hall–Kier alpha value is -1.55. The van der Waals surface area contributed by atoms with Gasteiger partial charge in [-0.05, 0) is 12.1 Å². The Kier molecular flexibility index (Phi) is 2.37. The monoisotopic (exact) mass is 192 g/mol. The number of hydrogen-bond acceptors (Lipinski definition) is 3. The summed E-state index contributed by atoms with van der Waals surface area (Å²) < 4.78 is 5.17. The summed E-state index contributed by atoms with van der Waals surface area (Å²) in [7, 11) is 1.60. The Morgan fingerprint density at radius 3 is 2.86 bits per heavy atom. The highest BCUT2D eigenvalue weighted by molar-refractivity contribution is 5.95. The molecule has 74 valence electrons. The zero-order valence-corrected chi connectivity index (χ0v) is 7.99. The number of anilines is 1. The highest BCUT2D eigenvalue weighted by Gasteiger charge is 2.23. The average molecular weight is 192 g/mol. The maximum atomic E-state index is 11.5. The van der Waals surface area contributed by atoms with Crippen LogP contribution in [0.3, 0.4) is 0 Å². The lowest BCUT2D eigenvalue weighted by molar-refractivity contribution is -0.117. The first-order valence-corrected chi connectivity index (χ1v) is 4.52. The van der Waals surface area contributed by atoms with Crippen LogP contribution in [0, 0.1) is 0 Å². The minimum Gasteiger partial charge on any atom is -0.495 e. The average Bonchev–Trinajstić information content (AvgIpc) is 2.64. The third-order valence-electron chi connectivity index (χ3n) is 2.18. The molecular formula is C10H12N2O2. The van der Waals surface area contributed by atoms with Crippen molar-refractivity contribution in [1.29, 1.82) is 0 Å². The number of carbonyl (C=O) groups is 1. The number of para-hydroxylation sites is 2. The number of rotatable bonds is 2. The van der Waals surface area contributed by atoms with Crippen LogP contribution in [0.2, 0.25) is 0 Å². The van der Waals surface area contributed by atoms with Gasteiger partial charge in [0.05, 0.1) is 7.11 Å². The van der Waals surface area contributed by atoms with Crippen molar-refractivity contribution < 1.29 is 9.53 Å². The molecule has 1 heterocycles. The summed E-state index contributed by atoms with van der Waals surface area (Å²) in [6.45, 7) is 0.691. The second-order valence-corrected chi connectivity index (χ2v) is 3.06. The van der Waals surface area contributed by atoms with Gasteiger partial charge < -0.3 is 4.74 Å². The Morgan fingerprint density at radius 1 is 1.43 bits per heavy atom. The Morgan fingerprint density at radius 2 is 2.21 bits per heavy atom. The van der Waals surface area contributed by atoms with E-state index in [-0.39, 0.29) is 5.91 Å². The fourth-order valence-electron chi connectivity index (χ4n) is 1.51. The van der Waals surface area contributed by atoms with Gasteiger partial charge in [0.2, 0.25) is 5.91 Å². The molecule has 0 bridgehead atoms. The fourth-order valence-corrected chi connectivity index (χ4v) is 1.51.